The van der Waals surface area contributed by atoms with E-state index < -0.39 is 17.6 Å². The minimum Gasteiger partial charge on any atom is -0.444 e. The van der Waals surface area contributed by atoms with Crippen molar-refractivity contribution in [3.8, 4) is 0 Å². The number of aliphatic imine (C=N–C) groups is 1. The third-order valence-electron chi connectivity index (χ3n) is 6.27. The fourth-order valence-corrected chi connectivity index (χ4v) is 5.18. The molecule has 4 heterocycles. The molecule has 0 spiro atoms. The van der Waals surface area contributed by atoms with Gasteiger partial charge in [-0.2, -0.15) is 10.1 Å². The summed E-state index contributed by atoms with van der Waals surface area (Å²) in [5, 5.41) is 4.31. The zero-order chi connectivity index (χ0) is 20.3. The van der Waals surface area contributed by atoms with Gasteiger partial charge < -0.3 is 9.64 Å². The van der Waals surface area contributed by atoms with Gasteiger partial charge in [-0.25, -0.2) is 23.2 Å². The first-order chi connectivity index (χ1) is 13.1. The van der Waals surface area contributed by atoms with Crippen LogP contribution in [0.2, 0.25) is 0 Å². The first kappa shape index (κ1) is 19.3. The number of aromatic nitrogens is 3. The van der Waals surface area contributed by atoms with Gasteiger partial charge in [0.05, 0.1) is 11.3 Å². The number of amides is 1. The van der Waals surface area contributed by atoms with Crippen LogP contribution in [0.15, 0.2) is 11.3 Å². The van der Waals surface area contributed by atoms with Crippen molar-refractivity contribution in [2.45, 2.75) is 89.4 Å². The highest BCUT2D eigenvalue weighted by atomic mass is 19.3. The fraction of sp³-hybridized carbons (Fsp3) is 0.789. The molecule has 28 heavy (non-hydrogen) atoms. The summed E-state index contributed by atoms with van der Waals surface area (Å²) in [6.45, 7) is 7.50. The lowest BCUT2D eigenvalue weighted by Gasteiger charge is -2.48. The molecule has 1 aromatic heterocycles. The molecule has 2 fully saturated rings. The molecule has 7 nitrogen and oxygen atoms in total. The molecule has 4 atom stereocenters. The van der Waals surface area contributed by atoms with Gasteiger partial charge in [-0.3, -0.25) is 0 Å². The Bertz CT molecular complexity index is 802. The quantitative estimate of drug-likeness (QED) is 0.761. The smallest absolute Gasteiger partial charge is 0.410 e. The van der Waals surface area contributed by atoms with Crippen molar-refractivity contribution in [3.63, 3.8) is 0 Å². The fourth-order valence-electron chi connectivity index (χ4n) is 5.18. The van der Waals surface area contributed by atoms with Gasteiger partial charge in [0.1, 0.15) is 11.9 Å². The first-order valence-electron chi connectivity index (χ1n) is 9.87. The van der Waals surface area contributed by atoms with Crippen LogP contribution >= 0.6 is 0 Å². The number of nitrogens with zero attached hydrogens (tertiary/aromatic N) is 5. The van der Waals surface area contributed by atoms with Crippen molar-refractivity contribution in [3.05, 3.63) is 6.33 Å². The Morgan fingerprint density at radius 2 is 2.00 bits per heavy atom. The van der Waals surface area contributed by atoms with E-state index in [-0.39, 0.29) is 42.2 Å². The third-order valence-corrected chi connectivity index (χ3v) is 6.27. The van der Waals surface area contributed by atoms with E-state index >= 15 is 0 Å². The first-order valence-corrected chi connectivity index (χ1v) is 9.87. The van der Waals surface area contributed by atoms with Crippen molar-refractivity contribution < 1.29 is 18.3 Å². The molecule has 154 valence electrons. The van der Waals surface area contributed by atoms with Crippen LogP contribution < -0.4 is 0 Å². The minimum atomic E-state index is -2.63. The Balaban J connectivity index is 1.67. The molecule has 9 heteroatoms. The van der Waals surface area contributed by atoms with Gasteiger partial charge >= 0.3 is 6.09 Å². The molecule has 2 bridgehead atoms. The van der Waals surface area contributed by atoms with E-state index in [1.54, 1.807) is 4.68 Å². The molecule has 0 radical (unpaired) electrons. The van der Waals surface area contributed by atoms with E-state index in [4.69, 9.17) is 4.74 Å². The summed E-state index contributed by atoms with van der Waals surface area (Å²) in [4.78, 5) is 22.8. The lowest BCUT2D eigenvalue weighted by Crippen LogP contribution is -2.57. The van der Waals surface area contributed by atoms with Gasteiger partial charge in [0.25, 0.3) is 6.43 Å². The lowest BCUT2D eigenvalue weighted by molar-refractivity contribution is -0.0196. The summed E-state index contributed by atoms with van der Waals surface area (Å²) >= 11 is 0. The molecule has 1 aromatic rings. The summed E-state index contributed by atoms with van der Waals surface area (Å²) in [6.07, 6.45) is 1.96. The Morgan fingerprint density at radius 1 is 1.29 bits per heavy atom. The third kappa shape index (κ3) is 3.08. The van der Waals surface area contributed by atoms with Gasteiger partial charge in [-0.05, 0) is 53.4 Å². The van der Waals surface area contributed by atoms with Gasteiger partial charge in [0, 0.05) is 24.4 Å². The van der Waals surface area contributed by atoms with Crippen molar-refractivity contribution in [1.82, 2.24) is 19.7 Å². The number of alkyl halides is 2. The largest absolute Gasteiger partial charge is 0.444 e. The van der Waals surface area contributed by atoms with Crippen LogP contribution in [-0.4, -0.2) is 55.6 Å². The van der Waals surface area contributed by atoms with Crippen LogP contribution in [0.4, 0.5) is 19.5 Å². The predicted octanol–water partition coefficient (Wildman–Crippen LogP) is 3.91. The second kappa shape index (κ2) is 6.49. The number of fused-ring (bicyclic) bond motifs is 3. The molecule has 1 amide bonds. The van der Waals surface area contributed by atoms with Crippen LogP contribution in [0.1, 0.15) is 59.8 Å². The van der Waals surface area contributed by atoms with E-state index in [9.17, 15) is 13.6 Å². The highest BCUT2D eigenvalue weighted by molar-refractivity contribution is 5.90. The zero-order valence-electron chi connectivity index (χ0n) is 16.7. The molecule has 3 aliphatic rings. The van der Waals surface area contributed by atoms with E-state index in [0.717, 1.165) is 25.7 Å². The second-order valence-electron chi connectivity index (χ2n) is 9.28. The molecule has 4 rings (SSSR count). The maximum absolute atomic E-state index is 13.5. The van der Waals surface area contributed by atoms with Crippen molar-refractivity contribution in [2.75, 3.05) is 0 Å². The summed E-state index contributed by atoms with van der Waals surface area (Å²) < 4.78 is 34.4. The number of hydrogen-bond donors (Lipinski definition) is 0. The number of carbonyl (C=O) groups excluding carboxylic acids is 1. The predicted molar refractivity (Wildman–Crippen MR) is 99.0 cm³/mol. The molecule has 0 saturated carbocycles. The molecule has 3 aliphatic heterocycles. The van der Waals surface area contributed by atoms with Crippen molar-refractivity contribution in [2.24, 2.45) is 10.9 Å². The monoisotopic (exact) mass is 395 g/mol. The average Bonchev–Trinajstić information content (AvgIpc) is 3.17. The molecular formula is C19H27F2N5O2. The van der Waals surface area contributed by atoms with Crippen molar-refractivity contribution >= 4 is 17.8 Å². The van der Waals surface area contributed by atoms with Crippen LogP contribution in [-0.2, 0) is 10.3 Å². The number of hydrogen-bond acceptors (Lipinski definition) is 5. The molecule has 0 aromatic carbocycles. The van der Waals surface area contributed by atoms with Gasteiger partial charge in [-0.15, -0.1) is 0 Å². The average molecular weight is 395 g/mol. The van der Waals surface area contributed by atoms with Crippen LogP contribution in [0.25, 0.3) is 0 Å². The van der Waals surface area contributed by atoms with Crippen LogP contribution in [0, 0.1) is 5.92 Å². The maximum atomic E-state index is 13.5. The molecule has 1 unspecified atom stereocenters. The molecule has 0 N–H and O–H groups in total. The Morgan fingerprint density at radius 3 is 2.68 bits per heavy atom. The lowest BCUT2D eigenvalue weighted by atomic mass is 9.72. The minimum absolute atomic E-state index is 0.0246. The summed E-state index contributed by atoms with van der Waals surface area (Å²) in [6, 6.07) is 0.0921. The number of halogens is 2. The summed E-state index contributed by atoms with van der Waals surface area (Å²) in [7, 11) is 0. The van der Waals surface area contributed by atoms with Gasteiger partial charge in [0.15, 0.2) is 0 Å². The zero-order valence-corrected chi connectivity index (χ0v) is 16.7. The van der Waals surface area contributed by atoms with Crippen molar-refractivity contribution in [1.29, 1.82) is 0 Å². The number of carbonyl (C=O) groups is 1. The van der Waals surface area contributed by atoms with Crippen LogP contribution in [0.3, 0.4) is 0 Å². The van der Waals surface area contributed by atoms with Crippen LogP contribution in [0.5, 0.6) is 0 Å². The Kier molecular flexibility index (Phi) is 4.46. The molecular weight excluding hydrogens is 368 g/mol. The standard InChI is InChI=1S/C19H27F2N5O2/c1-18(2,3)28-17(27)25-11-5-7-12(14(25)8-6-11)19(4)9-13(15(20)21)24-16-22-10-23-26(16)19/h10-12,14-15H,5-9H2,1-4H3/t11-,12-,14-,19?/m0/s1. The molecule has 2 saturated heterocycles. The van der Waals surface area contributed by atoms with E-state index in [1.807, 2.05) is 32.6 Å². The van der Waals surface area contributed by atoms with E-state index in [0.29, 0.717) is 0 Å². The number of rotatable bonds is 2. The summed E-state index contributed by atoms with van der Waals surface area (Å²) in [5.74, 6) is 0.191. The van der Waals surface area contributed by atoms with E-state index in [2.05, 4.69) is 15.1 Å². The Labute approximate surface area is 163 Å². The highest BCUT2D eigenvalue weighted by Gasteiger charge is 2.54. The summed E-state index contributed by atoms with van der Waals surface area (Å²) in [5.41, 5.74) is -1.45. The van der Waals surface area contributed by atoms with Gasteiger partial charge in [0.2, 0.25) is 5.95 Å². The number of ether oxygens (including phenoxy) is 1. The number of piperidine rings is 1. The Hall–Kier alpha value is -2.06. The van der Waals surface area contributed by atoms with E-state index in [1.165, 1.54) is 6.33 Å². The second-order valence-corrected chi connectivity index (χ2v) is 9.28. The normalized spacial score (nSPS) is 32.3. The molecule has 0 aliphatic carbocycles. The highest BCUT2D eigenvalue weighted by Crippen LogP contribution is 2.49. The topological polar surface area (TPSA) is 72.6 Å². The SMILES string of the molecule is CC(C)(C)OC(=O)N1[C@@H]2CC[C@H]1[C@@H](C1(C)CC(C(F)F)=Nc3ncnn31)CC2. The van der Waals surface area contributed by atoms with Gasteiger partial charge in [-0.1, -0.05) is 0 Å². The maximum Gasteiger partial charge on any atom is 0.410 e.